The summed E-state index contributed by atoms with van der Waals surface area (Å²) in [5, 5.41) is 2.78. The summed E-state index contributed by atoms with van der Waals surface area (Å²) < 4.78 is 5.38. The molecule has 0 aliphatic heterocycles. The molecule has 5 heteroatoms. The summed E-state index contributed by atoms with van der Waals surface area (Å²) in [7, 11) is 0. The van der Waals surface area contributed by atoms with E-state index in [0.29, 0.717) is 35.0 Å². The molecular formula is C15H17N3O2. The molecule has 0 saturated carbocycles. The zero-order chi connectivity index (χ0) is 14.5. The molecule has 0 aliphatic carbocycles. The average molecular weight is 271 g/mol. The molecule has 0 aromatic heterocycles. The maximum Gasteiger partial charge on any atom is 0.255 e. The maximum absolute atomic E-state index is 12.1. The molecule has 2 aromatic carbocycles. The van der Waals surface area contributed by atoms with E-state index in [4.69, 9.17) is 16.2 Å². The number of hydrogen-bond donors (Lipinski definition) is 3. The molecule has 0 fully saturated rings. The third-order valence-electron chi connectivity index (χ3n) is 2.64. The van der Waals surface area contributed by atoms with Crippen LogP contribution in [0, 0.1) is 0 Å². The first-order valence-electron chi connectivity index (χ1n) is 6.28. The Labute approximate surface area is 117 Å². The van der Waals surface area contributed by atoms with Crippen LogP contribution in [0.2, 0.25) is 0 Å². The molecule has 5 N–H and O–H groups in total. The molecule has 0 aliphatic rings. The molecule has 0 bridgehead atoms. The molecule has 20 heavy (non-hydrogen) atoms. The van der Waals surface area contributed by atoms with Gasteiger partial charge in [-0.1, -0.05) is 6.07 Å². The van der Waals surface area contributed by atoms with E-state index in [1.807, 2.05) is 19.1 Å². The van der Waals surface area contributed by atoms with Crippen LogP contribution in [0.3, 0.4) is 0 Å². The molecular weight excluding hydrogens is 254 g/mol. The van der Waals surface area contributed by atoms with Gasteiger partial charge in [0.15, 0.2) is 0 Å². The summed E-state index contributed by atoms with van der Waals surface area (Å²) in [6, 6.07) is 12.0. The van der Waals surface area contributed by atoms with Gasteiger partial charge < -0.3 is 21.5 Å². The third-order valence-corrected chi connectivity index (χ3v) is 2.64. The fourth-order valence-corrected chi connectivity index (χ4v) is 1.84. The molecule has 2 aromatic rings. The number of amides is 1. The summed E-state index contributed by atoms with van der Waals surface area (Å²) in [4.78, 5) is 12.1. The summed E-state index contributed by atoms with van der Waals surface area (Å²) in [6.07, 6.45) is 0. The third kappa shape index (κ3) is 3.41. The second kappa shape index (κ2) is 5.97. The SMILES string of the molecule is CCOc1cccc(NC(=O)c2cc(N)cc(N)c2)c1. The number of nitrogen functional groups attached to an aromatic ring is 2. The van der Waals surface area contributed by atoms with Crippen molar-refractivity contribution in [2.75, 3.05) is 23.4 Å². The highest BCUT2D eigenvalue weighted by atomic mass is 16.5. The molecule has 2 rings (SSSR count). The van der Waals surface area contributed by atoms with Crippen molar-refractivity contribution in [2.24, 2.45) is 0 Å². The lowest BCUT2D eigenvalue weighted by Gasteiger charge is -2.09. The maximum atomic E-state index is 12.1. The molecule has 0 radical (unpaired) electrons. The summed E-state index contributed by atoms with van der Waals surface area (Å²) in [5.41, 5.74) is 13.3. The van der Waals surface area contributed by atoms with Gasteiger partial charge in [0, 0.05) is 28.7 Å². The van der Waals surface area contributed by atoms with E-state index in [1.54, 1.807) is 30.3 Å². The highest BCUT2D eigenvalue weighted by Crippen LogP contribution is 2.19. The van der Waals surface area contributed by atoms with Gasteiger partial charge in [0.05, 0.1) is 6.61 Å². The van der Waals surface area contributed by atoms with Crippen LogP contribution in [0.25, 0.3) is 0 Å². The smallest absolute Gasteiger partial charge is 0.255 e. The molecule has 0 heterocycles. The Bertz CT molecular complexity index is 606. The van der Waals surface area contributed by atoms with Crippen LogP contribution in [0.5, 0.6) is 5.75 Å². The first kappa shape index (κ1) is 13.7. The molecule has 104 valence electrons. The topological polar surface area (TPSA) is 90.4 Å². The number of nitrogens with two attached hydrogens (primary N) is 2. The standard InChI is InChI=1S/C15H17N3O2/c1-2-20-14-5-3-4-13(9-14)18-15(19)10-6-11(16)8-12(17)7-10/h3-9H,2,16-17H2,1H3,(H,18,19). The number of anilines is 3. The van der Waals surface area contributed by atoms with Crippen LogP contribution in [0.1, 0.15) is 17.3 Å². The first-order valence-corrected chi connectivity index (χ1v) is 6.28. The monoisotopic (exact) mass is 271 g/mol. The predicted molar refractivity (Wildman–Crippen MR) is 80.8 cm³/mol. The average Bonchev–Trinajstić information content (AvgIpc) is 2.38. The quantitative estimate of drug-likeness (QED) is 0.745. The van der Waals surface area contributed by atoms with E-state index in [2.05, 4.69) is 5.32 Å². The number of nitrogens with one attached hydrogen (secondary N) is 1. The minimum absolute atomic E-state index is 0.266. The van der Waals surface area contributed by atoms with E-state index in [1.165, 1.54) is 0 Å². The van der Waals surface area contributed by atoms with Crippen LogP contribution in [0.15, 0.2) is 42.5 Å². The number of carbonyl (C=O) groups is 1. The van der Waals surface area contributed by atoms with Crippen LogP contribution in [-0.2, 0) is 0 Å². The van der Waals surface area contributed by atoms with E-state index in [-0.39, 0.29) is 5.91 Å². The molecule has 1 amide bonds. The van der Waals surface area contributed by atoms with Crippen molar-refractivity contribution in [3.63, 3.8) is 0 Å². The molecule has 0 saturated heterocycles. The van der Waals surface area contributed by atoms with Crippen molar-refractivity contribution < 1.29 is 9.53 Å². The lowest BCUT2D eigenvalue weighted by Crippen LogP contribution is -2.12. The minimum atomic E-state index is -0.266. The second-order valence-corrected chi connectivity index (χ2v) is 4.30. The van der Waals surface area contributed by atoms with Crippen LogP contribution in [0.4, 0.5) is 17.1 Å². The van der Waals surface area contributed by atoms with Gasteiger partial charge in [0.25, 0.3) is 5.91 Å². The van der Waals surface area contributed by atoms with Crippen LogP contribution >= 0.6 is 0 Å². The first-order chi connectivity index (χ1) is 9.58. The van der Waals surface area contributed by atoms with Crippen molar-refractivity contribution in [2.45, 2.75) is 6.92 Å². The highest BCUT2D eigenvalue weighted by Gasteiger charge is 2.08. The number of ether oxygens (including phenoxy) is 1. The van der Waals surface area contributed by atoms with Crippen molar-refractivity contribution >= 4 is 23.0 Å². The number of benzene rings is 2. The molecule has 0 atom stereocenters. The Morgan fingerprint density at radius 3 is 2.50 bits per heavy atom. The van der Waals surface area contributed by atoms with Crippen molar-refractivity contribution in [3.05, 3.63) is 48.0 Å². The minimum Gasteiger partial charge on any atom is -0.494 e. The fraction of sp³-hybridized carbons (Fsp3) is 0.133. The fourth-order valence-electron chi connectivity index (χ4n) is 1.84. The van der Waals surface area contributed by atoms with Gasteiger partial charge in [0.1, 0.15) is 5.75 Å². The number of hydrogen-bond acceptors (Lipinski definition) is 4. The normalized spacial score (nSPS) is 10.1. The van der Waals surface area contributed by atoms with Gasteiger partial charge in [-0.2, -0.15) is 0 Å². The summed E-state index contributed by atoms with van der Waals surface area (Å²) >= 11 is 0. The lowest BCUT2D eigenvalue weighted by molar-refractivity contribution is 0.102. The van der Waals surface area contributed by atoms with Crippen molar-refractivity contribution in [1.82, 2.24) is 0 Å². The lowest BCUT2D eigenvalue weighted by atomic mass is 10.1. The molecule has 0 spiro atoms. The zero-order valence-electron chi connectivity index (χ0n) is 11.2. The predicted octanol–water partition coefficient (Wildman–Crippen LogP) is 2.50. The number of rotatable bonds is 4. The van der Waals surface area contributed by atoms with E-state index in [9.17, 15) is 4.79 Å². The zero-order valence-corrected chi connectivity index (χ0v) is 11.2. The molecule has 5 nitrogen and oxygen atoms in total. The van der Waals surface area contributed by atoms with Gasteiger partial charge in [-0.3, -0.25) is 4.79 Å². The van der Waals surface area contributed by atoms with E-state index >= 15 is 0 Å². The van der Waals surface area contributed by atoms with Crippen molar-refractivity contribution in [1.29, 1.82) is 0 Å². The Kier molecular flexibility index (Phi) is 4.10. The Morgan fingerprint density at radius 2 is 1.85 bits per heavy atom. The summed E-state index contributed by atoms with van der Waals surface area (Å²) in [6.45, 7) is 2.48. The van der Waals surface area contributed by atoms with Gasteiger partial charge in [-0.05, 0) is 37.3 Å². The van der Waals surface area contributed by atoms with Gasteiger partial charge in [0.2, 0.25) is 0 Å². The second-order valence-electron chi connectivity index (χ2n) is 4.30. The Hall–Kier alpha value is -2.69. The van der Waals surface area contributed by atoms with Crippen LogP contribution in [-0.4, -0.2) is 12.5 Å². The number of carbonyl (C=O) groups excluding carboxylic acids is 1. The summed E-state index contributed by atoms with van der Waals surface area (Å²) in [5.74, 6) is 0.440. The van der Waals surface area contributed by atoms with Gasteiger partial charge >= 0.3 is 0 Å². The van der Waals surface area contributed by atoms with Crippen molar-refractivity contribution in [3.8, 4) is 5.75 Å². The van der Waals surface area contributed by atoms with E-state index < -0.39 is 0 Å². The highest BCUT2D eigenvalue weighted by molar-refractivity contribution is 6.05. The van der Waals surface area contributed by atoms with Crippen LogP contribution < -0.4 is 21.5 Å². The largest absolute Gasteiger partial charge is 0.494 e. The Balaban J connectivity index is 2.16. The van der Waals surface area contributed by atoms with Gasteiger partial charge in [-0.15, -0.1) is 0 Å². The van der Waals surface area contributed by atoms with E-state index in [0.717, 1.165) is 0 Å². The molecule has 0 unspecified atom stereocenters. The van der Waals surface area contributed by atoms with Gasteiger partial charge in [-0.25, -0.2) is 0 Å². The Morgan fingerprint density at radius 1 is 1.15 bits per heavy atom.